The molecule has 2 rings (SSSR count). The van der Waals surface area contributed by atoms with Gasteiger partial charge in [0.25, 0.3) is 5.91 Å². The van der Waals surface area contributed by atoms with Crippen LogP contribution in [0.25, 0.3) is 0 Å². The van der Waals surface area contributed by atoms with E-state index < -0.39 is 0 Å². The average Bonchev–Trinajstić information content (AvgIpc) is 3.23. The number of halogens is 1. The third-order valence-electron chi connectivity index (χ3n) is 3.65. The Balaban J connectivity index is 0.00000180. The van der Waals surface area contributed by atoms with E-state index in [9.17, 15) is 4.79 Å². The topological polar surface area (TPSA) is 55.1 Å². The molecule has 3 nitrogen and oxygen atoms in total. The van der Waals surface area contributed by atoms with Gasteiger partial charge in [0, 0.05) is 11.4 Å². The van der Waals surface area contributed by atoms with Gasteiger partial charge in [0.15, 0.2) is 0 Å². The minimum Gasteiger partial charge on any atom is -0.345 e. The number of hydrogen-bond donors (Lipinski definition) is 2. The second-order valence-corrected chi connectivity index (χ2v) is 5.90. The van der Waals surface area contributed by atoms with Crippen LogP contribution in [0.1, 0.15) is 30.1 Å². The summed E-state index contributed by atoms with van der Waals surface area (Å²) in [4.78, 5) is 13.4. The number of carbonyl (C=O) groups is 1. The summed E-state index contributed by atoms with van der Waals surface area (Å²) >= 11 is 1.59. The van der Waals surface area contributed by atoms with E-state index >= 15 is 0 Å². The van der Waals surface area contributed by atoms with Crippen molar-refractivity contribution in [3.63, 3.8) is 0 Å². The van der Waals surface area contributed by atoms with E-state index in [0.717, 1.165) is 23.3 Å². The van der Waals surface area contributed by atoms with Crippen molar-refractivity contribution in [2.45, 2.75) is 30.2 Å². The zero-order valence-electron chi connectivity index (χ0n) is 11.3. The Morgan fingerprint density at radius 1 is 1.47 bits per heavy atom. The maximum absolute atomic E-state index is 12.4. The molecule has 0 heterocycles. The van der Waals surface area contributed by atoms with Gasteiger partial charge < -0.3 is 11.1 Å². The molecule has 1 amide bonds. The number of thioether (sulfide) groups is 1. The van der Waals surface area contributed by atoms with E-state index in [0.29, 0.717) is 12.5 Å². The molecule has 0 bridgehead atoms. The molecule has 5 heteroatoms. The first kappa shape index (κ1) is 16.3. The third kappa shape index (κ3) is 3.65. The Hall–Kier alpha value is -0.710. The van der Waals surface area contributed by atoms with Crippen LogP contribution in [0, 0.1) is 5.92 Å². The second-order valence-electron chi connectivity index (χ2n) is 5.05. The number of nitrogens with two attached hydrogens (primary N) is 1. The molecule has 1 aromatic rings. The van der Waals surface area contributed by atoms with E-state index in [1.807, 2.05) is 37.4 Å². The number of benzene rings is 1. The van der Waals surface area contributed by atoms with Crippen molar-refractivity contribution in [1.29, 1.82) is 0 Å². The molecule has 1 atom stereocenters. The number of amides is 1. The summed E-state index contributed by atoms with van der Waals surface area (Å²) < 4.78 is 0. The second kappa shape index (κ2) is 6.64. The molecule has 0 aromatic heterocycles. The van der Waals surface area contributed by atoms with Crippen molar-refractivity contribution < 1.29 is 4.79 Å². The van der Waals surface area contributed by atoms with Crippen LogP contribution in [0.5, 0.6) is 0 Å². The van der Waals surface area contributed by atoms with Crippen molar-refractivity contribution in [2.24, 2.45) is 11.7 Å². The lowest BCUT2D eigenvalue weighted by molar-refractivity contribution is 0.0895. The monoisotopic (exact) mass is 300 g/mol. The van der Waals surface area contributed by atoms with E-state index in [1.54, 1.807) is 11.8 Å². The molecule has 1 aliphatic rings. The van der Waals surface area contributed by atoms with Gasteiger partial charge in [-0.2, -0.15) is 0 Å². The van der Waals surface area contributed by atoms with Gasteiger partial charge in [0.1, 0.15) is 0 Å². The fourth-order valence-electron chi connectivity index (χ4n) is 2.20. The molecule has 1 saturated carbocycles. The van der Waals surface area contributed by atoms with Crippen molar-refractivity contribution in [3.8, 4) is 0 Å². The van der Waals surface area contributed by atoms with E-state index in [2.05, 4.69) is 5.32 Å². The first-order valence-corrected chi connectivity index (χ1v) is 7.49. The summed E-state index contributed by atoms with van der Waals surface area (Å²) in [5.74, 6) is 0.521. The van der Waals surface area contributed by atoms with Crippen LogP contribution in [-0.4, -0.2) is 24.2 Å². The lowest BCUT2D eigenvalue weighted by atomic mass is 9.95. The Bertz CT molecular complexity index is 451. The Morgan fingerprint density at radius 2 is 2.11 bits per heavy atom. The fraction of sp³-hybridized carbons (Fsp3) is 0.500. The third-order valence-corrected chi connectivity index (χ3v) is 4.45. The van der Waals surface area contributed by atoms with Gasteiger partial charge in [-0.05, 0) is 44.1 Å². The SMILES string of the molecule is CSc1ccccc1C(=O)NC(C)(CN)C1CC1.Cl. The number of hydrogen-bond acceptors (Lipinski definition) is 3. The van der Waals surface area contributed by atoms with Gasteiger partial charge in [0.05, 0.1) is 11.1 Å². The van der Waals surface area contributed by atoms with Crippen molar-refractivity contribution in [1.82, 2.24) is 5.32 Å². The lowest BCUT2D eigenvalue weighted by Gasteiger charge is -2.29. The maximum Gasteiger partial charge on any atom is 0.252 e. The number of nitrogens with one attached hydrogen (secondary N) is 1. The molecular weight excluding hydrogens is 280 g/mol. The molecule has 0 spiro atoms. The highest BCUT2D eigenvalue weighted by atomic mass is 35.5. The molecule has 19 heavy (non-hydrogen) atoms. The Labute approximate surface area is 125 Å². The molecule has 1 fully saturated rings. The highest BCUT2D eigenvalue weighted by Crippen LogP contribution is 2.39. The first-order valence-electron chi connectivity index (χ1n) is 6.26. The van der Waals surface area contributed by atoms with Crippen LogP contribution in [0.3, 0.4) is 0 Å². The molecule has 0 radical (unpaired) electrons. The predicted molar refractivity (Wildman–Crippen MR) is 83.1 cm³/mol. The minimum absolute atomic E-state index is 0. The number of rotatable bonds is 5. The normalized spacial score (nSPS) is 17.2. The largest absolute Gasteiger partial charge is 0.345 e. The Morgan fingerprint density at radius 3 is 2.63 bits per heavy atom. The van der Waals surface area contributed by atoms with E-state index in [4.69, 9.17) is 5.73 Å². The molecule has 3 N–H and O–H groups in total. The lowest BCUT2D eigenvalue weighted by Crippen LogP contribution is -2.53. The smallest absolute Gasteiger partial charge is 0.252 e. The molecule has 1 aliphatic carbocycles. The minimum atomic E-state index is -0.261. The summed E-state index contributed by atoms with van der Waals surface area (Å²) in [5, 5.41) is 3.12. The molecule has 1 aromatic carbocycles. The van der Waals surface area contributed by atoms with Crippen LogP contribution in [0.2, 0.25) is 0 Å². The summed E-state index contributed by atoms with van der Waals surface area (Å²) in [6.45, 7) is 2.54. The van der Waals surface area contributed by atoms with Crippen molar-refractivity contribution in [3.05, 3.63) is 29.8 Å². The predicted octanol–water partition coefficient (Wildman–Crippen LogP) is 2.69. The van der Waals surface area contributed by atoms with Crippen LogP contribution in [0.15, 0.2) is 29.2 Å². The summed E-state index contributed by atoms with van der Waals surface area (Å²) in [7, 11) is 0. The summed E-state index contributed by atoms with van der Waals surface area (Å²) in [5.41, 5.74) is 6.30. The molecule has 106 valence electrons. The van der Waals surface area contributed by atoms with E-state index in [-0.39, 0.29) is 23.9 Å². The van der Waals surface area contributed by atoms with Gasteiger partial charge in [0.2, 0.25) is 0 Å². The highest BCUT2D eigenvalue weighted by molar-refractivity contribution is 7.98. The molecule has 0 aliphatic heterocycles. The zero-order valence-corrected chi connectivity index (χ0v) is 12.9. The van der Waals surface area contributed by atoms with Gasteiger partial charge >= 0.3 is 0 Å². The number of carbonyl (C=O) groups excluding carboxylic acids is 1. The fourth-order valence-corrected chi connectivity index (χ4v) is 2.79. The van der Waals surface area contributed by atoms with Crippen LogP contribution in [0.4, 0.5) is 0 Å². The van der Waals surface area contributed by atoms with Crippen LogP contribution < -0.4 is 11.1 Å². The average molecular weight is 301 g/mol. The molecular formula is C14H21ClN2OS. The van der Waals surface area contributed by atoms with Crippen LogP contribution >= 0.6 is 24.2 Å². The van der Waals surface area contributed by atoms with Crippen molar-refractivity contribution in [2.75, 3.05) is 12.8 Å². The van der Waals surface area contributed by atoms with Gasteiger partial charge in [-0.15, -0.1) is 24.2 Å². The first-order chi connectivity index (χ1) is 8.60. The van der Waals surface area contributed by atoms with Gasteiger partial charge in [-0.1, -0.05) is 12.1 Å². The quantitative estimate of drug-likeness (QED) is 0.822. The maximum atomic E-state index is 12.4. The van der Waals surface area contributed by atoms with Gasteiger partial charge in [-0.3, -0.25) is 4.79 Å². The van der Waals surface area contributed by atoms with Gasteiger partial charge in [-0.25, -0.2) is 0 Å². The van der Waals surface area contributed by atoms with E-state index in [1.165, 1.54) is 0 Å². The summed E-state index contributed by atoms with van der Waals surface area (Å²) in [6.07, 6.45) is 4.31. The molecule has 1 unspecified atom stereocenters. The zero-order chi connectivity index (χ0) is 13.2. The molecule has 0 saturated heterocycles. The summed E-state index contributed by atoms with van der Waals surface area (Å²) in [6, 6.07) is 7.68. The van der Waals surface area contributed by atoms with Crippen molar-refractivity contribution >= 4 is 30.1 Å². The Kier molecular flexibility index (Phi) is 5.71. The standard InChI is InChI=1S/C14H20N2OS.ClH/c1-14(9-15,10-7-8-10)16-13(17)11-5-3-4-6-12(11)18-2;/h3-6,10H,7-9,15H2,1-2H3,(H,16,17);1H. The highest BCUT2D eigenvalue weighted by Gasteiger charge is 2.41. The van der Waals surface area contributed by atoms with Crippen LogP contribution in [-0.2, 0) is 0 Å².